The van der Waals surface area contributed by atoms with Crippen LogP contribution in [0.3, 0.4) is 0 Å². The molecule has 0 heterocycles. The zero-order valence-corrected chi connectivity index (χ0v) is 4.72. The van der Waals surface area contributed by atoms with Crippen LogP contribution in [0.1, 0.15) is 13.3 Å². The second kappa shape index (κ2) is 1.71. The smallest absolute Gasteiger partial charge is 0.184 e. The number of aliphatic hydroxyl groups excluding tert-OH is 1. The molecule has 1 aliphatic rings. The summed E-state index contributed by atoms with van der Waals surface area (Å²) in [5.74, 6) is -0.150. The van der Waals surface area contributed by atoms with Crippen LogP contribution < -0.4 is 0 Å². The standard InChI is InChI=1S/C6H8O2/c1-4-2-5(7)6(8)3-4/h2,6,8H,3H2,1H3/t6-/m0/s1. The van der Waals surface area contributed by atoms with E-state index in [0.29, 0.717) is 6.42 Å². The summed E-state index contributed by atoms with van der Waals surface area (Å²) in [5, 5.41) is 8.77. The topological polar surface area (TPSA) is 37.3 Å². The summed E-state index contributed by atoms with van der Waals surface area (Å²) in [5.41, 5.74) is 0.975. The van der Waals surface area contributed by atoms with E-state index in [2.05, 4.69) is 0 Å². The quantitative estimate of drug-likeness (QED) is 0.488. The van der Waals surface area contributed by atoms with Crippen LogP contribution in [0.15, 0.2) is 11.6 Å². The van der Waals surface area contributed by atoms with E-state index >= 15 is 0 Å². The fourth-order valence-electron chi connectivity index (χ4n) is 0.804. The molecule has 0 bridgehead atoms. The van der Waals surface area contributed by atoms with Crippen molar-refractivity contribution in [1.82, 2.24) is 0 Å². The number of aliphatic hydroxyl groups is 1. The summed E-state index contributed by atoms with van der Waals surface area (Å²) in [6, 6.07) is 0. The molecule has 2 nitrogen and oxygen atoms in total. The largest absolute Gasteiger partial charge is 0.385 e. The molecule has 0 saturated heterocycles. The first-order valence-electron chi connectivity index (χ1n) is 2.59. The number of rotatable bonds is 0. The van der Waals surface area contributed by atoms with Crippen LogP contribution >= 0.6 is 0 Å². The minimum absolute atomic E-state index is 0.150. The van der Waals surface area contributed by atoms with Crippen LogP contribution in [0.4, 0.5) is 0 Å². The van der Waals surface area contributed by atoms with Gasteiger partial charge in [-0.3, -0.25) is 4.79 Å². The van der Waals surface area contributed by atoms with Gasteiger partial charge in [0.15, 0.2) is 5.78 Å². The van der Waals surface area contributed by atoms with Gasteiger partial charge in [0.2, 0.25) is 0 Å². The van der Waals surface area contributed by atoms with E-state index in [4.69, 9.17) is 5.11 Å². The van der Waals surface area contributed by atoms with Gasteiger partial charge in [-0.2, -0.15) is 0 Å². The van der Waals surface area contributed by atoms with Gasteiger partial charge in [-0.25, -0.2) is 0 Å². The lowest BCUT2D eigenvalue weighted by Crippen LogP contribution is -2.11. The van der Waals surface area contributed by atoms with E-state index in [1.807, 2.05) is 6.92 Å². The SMILES string of the molecule is CC1=CC(=O)[C@@H](O)C1. The Hall–Kier alpha value is -0.630. The third kappa shape index (κ3) is 0.793. The zero-order valence-electron chi connectivity index (χ0n) is 4.72. The molecule has 1 aliphatic carbocycles. The maximum Gasteiger partial charge on any atom is 0.184 e. The highest BCUT2D eigenvalue weighted by molar-refractivity contribution is 5.96. The zero-order chi connectivity index (χ0) is 6.15. The number of carbonyl (C=O) groups excluding carboxylic acids is 1. The number of hydrogen-bond donors (Lipinski definition) is 1. The van der Waals surface area contributed by atoms with Gasteiger partial charge in [-0.05, 0) is 13.0 Å². The van der Waals surface area contributed by atoms with Crippen molar-refractivity contribution >= 4 is 5.78 Å². The number of ketones is 1. The lowest BCUT2D eigenvalue weighted by Gasteiger charge is -1.93. The molecule has 1 rings (SSSR count). The van der Waals surface area contributed by atoms with Gasteiger partial charge in [0.25, 0.3) is 0 Å². The van der Waals surface area contributed by atoms with E-state index < -0.39 is 6.10 Å². The molecule has 0 aromatic carbocycles. The Morgan fingerprint density at radius 1 is 1.88 bits per heavy atom. The van der Waals surface area contributed by atoms with Crippen LogP contribution in [0.5, 0.6) is 0 Å². The highest BCUT2D eigenvalue weighted by Crippen LogP contribution is 2.13. The molecular weight excluding hydrogens is 104 g/mol. The van der Waals surface area contributed by atoms with Crippen LogP contribution in [0.2, 0.25) is 0 Å². The van der Waals surface area contributed by atoms with Crippen molar-refractivity contribution in [2.24, 2.45) is 0 Å². The molecule has 0 fully saturated rings. The third-order valence-electron chi connectivity index (χ3n) is 1.23. The Morgan fingerprint density at radius 3 is 2.62 bits per heavy atom. The van der Waals surface area contributed by atoms with E-state index in [1.165, 1.54) is 6.08 Å². The Kier molecular flexibility index (Phi) is 1.18. The van der Waals surface area contributed by atoms with Crippen molar-refractivity contribution in [3.8, 4) is 0 Å². The Balaban J connectivity index is 2.70. The van der Waals surface area contributed by atoms with E-state index in [9.17, 15) is 4.79 Å². The molecule has 2 heteroatoms. The average molecular weight is 112 g/mol. The maximum atomic E-state index is 10.5. The molecule has 0 amide bonds. The fraction of sp³-hybridized carbons (Fsp3) is 0.500. The van der Waals surface area contributed by atoms with E-state index in [-0.39, 0.29) is 5.78 Å². The first-order valence-corrected chi connectivity index (χ1v) is 2.59. The summed E-state index contributed by atoms with van der Waals surface area (Å²) in [6.07, 6.45) is 1.28. The minimum Gasteiger partial charge on any atom is -0.385 e. The lowest BCUT2D eigenvalue weighted by molar-refractivity contribution is -0.121. The van der Waals surface area contributed by atoms with E-state index in [1.54, 1.807) is 0 Å². The van der Waals surface area contributed by atoms with Crippen molar-refractivity contribution in [1.29, 1.82) is 0 Å². The molecule has 0 spiro atoms. The highest BCUT2D eigenvalue weighted by Gasteiger charge is 2.19. The van der Waals surface area contributed by atoms with Crippen molar-refractivity contribution in [2.75, 3.05) is 0 Å². The second-order valence-corrected chi connectivity index (χ2v) is 2.11. The molecule has 0 radical (unpaired) electrons. The maximum absolute atomic E-state index is 10.5. The van der Waals surface area contributed by atoms with Crippen molar-refractivity contribution in [3.63, 3.8) is 0 Å². The van der Waals surface area contributed by atoms with Gasteiger partial charge in [0.1, 0.15) is 6.10 Å². The summed E-state index contributed by atoms with van der Waals surface area (Å²) in [7, 11) is 0. The molecule has 1 atom stereocenters. The summed E-state index contributed by atoms with van der Waals surface area (Å²) < 4.78 is 0. The first kappa shape index (κ1) is 5.51. The molecule has 0 aliphatic heterocycles. The minimum atomic E-state index is -0.741. The van der Waals surface area contributed by atoms with Crippen LogP contribution in [-0.2, 0) is 4.79 Å². The number of carbonyl (C=O) groups is 1. The highest BCUT2D eigenvalue weighted by atomic mass is 16.3. The van der Waals surface area contributed by atoms with Gasteiger partial charge in [-0.15, -0.1) is 0 Å². The van der Waals surface area contributed by atoms with Crippen molar-refractivity contribution < 1.29 is 9.90 Å². The van der Waals surface area contributed by atoms with Crippen LogP contribution in [0, 0.1) is 0 Å². The van der Waals surface area contributed by atoms with Crippen LogP contribution in [-0.4, -0.2) is 17.0 Å². The van der Waals surface area contributed by atoms with Gasteiger partial charge in [0.05, 0.1) is 0 Å². The van der Waals surface area contributed by atoms with Crippen LogP contribution in [0.25, 0.3) is 0 Å². The fourth-order valence-corrected chi connectivity index (χ4v) is 0.804. The lowest BCUT2D eigenvalue weighted by atomic mass is 10.2. The van der Waals surface area contributed by atoms with E-state index in [0.717, 1.165) is 5.57 Å². The molecular formula is C6H8O2. The normalized spacial score (nSPS) is 28.5. The molecule has 44 valence electrons. The molecule has 0 aromatic rings. The molecule has 8 heavy (non-hydrogen) atoms. The molecule has 0 saturated carbocycles. The average Bonchev–Trinajstić information content (AvgIpc) is 1.85. The summed E-state index contributed by atoms with van der Waals surface area (Å²) in [6.45, 7) is 1.84. The predicted molar refractivity (Wildman–Crippen MR) is 29.4 cm³/mol. The predicted octanol–water partition coefficient (Wildman–Crippen LogP) is 0.266. The van der Waals surface area contributed by atoms with Crippen molar-refractivity contribution in [3.05, 3.63) is 11.6 Å². The second-order valence-electron chi connectivity index (χ2n) is 2.11. The summed E-state index contributed by atoms with van der Waals surface area (Å²) >= 11 is 0. The first-order chi connectivity index (χ1) is 3.70. The molecule has 0 unspecified atom stereocenters. The monoisotopic (exact) mass is 112 g/mol. The van der Waals surface area contributed by atoms with Gasteiger partial charge in [0, 0.05) is 6.42 Å². The molecule has 0 aromatic heterocycles. The Labute approximate surface area is 47.8 Å². The Bertz CT molecular complexity index is 147. The van der Waals surface area contributed by atoms with Crippen molar-refractivity contribution in [2.45, 2.75) is 19.4 Å². The molecule has 1 N–H and O–H groups in total. The Morgan fingerprint density at radius 2 is 2.50 bits per heavy atom. The summed E-state index contributed by atoms with van der Waals surface area (Å²) in [4.78, 5) is 10.5. The third-order valence-corrected chi connectivity index (χ3v) is 1.23. The number of hydrogen-bond acceptors (Lipinski definition) is 2. The van der Waals surface area contributed by atoms with Gasteiger partial charge in [-0.1, -0.05) is 5.57 Å². The van der Waals surface area contributed by atoms with Gasteiger partial charge < -0.3 is 5.11 Å². The van der Waals surface area contributed by atoms with Gasteiger partial charge >= 0.3 is 0 Å².